The van der Waals surface area contributed by atoms with Crippen LogP contribution >= 0.6 is 0 Å². The van der Waals surface area contributed by atoms with Gasteiger partial charge in [0, 0.05) is 19.2 Å². The highest BCUT2D eigenvalue weighted by Crippen LogP contribution is 2.36. The molecule has 0 unspecified atom stereocenters. The number of nitro groups is 1. The molecule has 1 aliphatic heterocycles. The van der Waals surface area contributed by atoms with E-state index in [0.29, 0.717) is 12.1 Å². The van der Waals surface area contributed by atoms with E-state index in [1.165, 1.54) is 4.90 Å². The highest BCUT2D eigenvalue weighted by molar-refractivity contribution is 5.67. The van der Waals surface area contributed by atoms with Crippen LogP contribution in [0.5, 0.6) is 5.75 Å². The van der Waals surface area contributed by atoms with Crippen LogP contribution in [-0.2, 0) is 10.9 Å². The van der Waals surface area contributed by atoms with Crippen LogP contribution in [0.2, 0.25) is 0 Å². The van der Waals surface area contributed by atoms with Gasteiger partial charge in [0.2, 0.25) is 11.0 Å². The molecule has 1 saturated heterocycles. The average Bonchev–Trinajstić information content (AvgIpc) is 2.65. The van der Waals surface area contributed by atoms with Crippen LogP contribution in [0.25, 0.3) is 0 Å². The second-order valence-corrected chi connectivity index (χ2v) is 5.50. The number of hydrogen-bond donors (Lipinski definition) is 0. The monoisotopic (exact) mass is 407 g/mol. The summed E-state index contributed by atoms with van der Waals surface area (Å²) in [5.41, 5.74) is -2.22. The summed E-state index contributed by atoms with van der Waals surface area (Å²) in [7, 11) is 0. The minimum Gasteiger partial charge on any atom is -0.569 e. The number of benzene rings is 1. The summed E-state index contributed by atoms with van der Waals surface area (Å²) in [4.78, 5) is 27.6. The van der Waals surface area contributed by atoms with Crippen molar-refractivity contribution >= 4 is 11.8 Å². The van der Waals surface area contributed by atoms with E-state index in [0.717, 1.165) is 5.01 Å². The zero-order chi connectivity index (χ0) is 20.9. The van der Waals surface area contributed by atoms with Crippen LogP contribution in [0.3, 0.4) is 0 Å². The van der Waals surface area contributed by atoms with Gasteiger partial charge >= 0.3 is 18.0 Å². The molecule has 14 heteroatoms. The second kappa shape index (κ2) is 8.58. The molecule has 1 aromatic rings. The normalized spacial score (nSPS) is 15.4. The maximum absolute atomic E-state index is 12.7. The summed E-state index contributed by atoms with van der Waals surface area (Å²) in [5, 5.41) is 27.2. The van der Waals surface area contributed by atoms with Crippen molar-refractivity contribution in [3.8, 4) is 5.75 Å². The Balaban J connectivity index is 2.05. The average molecular weight is 407 g/mol. The molecule has 1 amide bonds. The Bertz CT molecular complexity index is 764. The molecule has 1 heterocycles. The number of hydrogen-bond acceptors (Lipinski definition) is 7. The molecule has 0 N–H and O–H groups in total. The molecule has 0 atom stereocenters. The zero-order valence-corrected chi connectivity index (χ0v) is 14.6. The van der Waals surface area contributed by atoms with E-state index in [4.69, 9.17) is 4.74 Å². The molecule has 0 spiro atoms. The third-order valence-corrected chi connectivity index (χ3v) is 3.72. The Morgan fingerprint density at radius 2 is 1.89 bits per heavy atom. The molecule has 154 valence electrons. The van der Waals surface area contributed by atoms with Crippen LogP contribution in [0.1, 0.15) is 12.5 Å². The fourth-order valence-corrected chi connectivity index (χ4v) is 2.31. The molecule has 0 saturated carbocycles. The van der Waals surface area contributed by atoms with Gasteiger partial charge in [-0.1, -0.05) is 0 Å². The first-order valence-electron chi connectivity index (χ1n) is 8.01. The lowest BCUT2D eigenvalue weighted by atomic mass is 10.2. The van der Waals surface area contributed by atoms with Crippen molar-refractivity contribution in [1.82, 2.24) is 9.91 Å². The first-order chi connectivity index (χ1) is 13.1. The highest BCUT2D eigenvalue weighted by Gasteiger charge is 2.34. The minimum atomic E-state index is -4.77. The molecule has 0 radical (unpaired) electrons. The van der Waals surface area contributed by atoms with Crippen molar-refractivity contribution < 1.29 is 37.4 Å². The Morgan fingerprint density at radius 1 is 1.25 bits per heavy atom. The fraction of sp³-hybridized carbons (Fsp3) is 0.500. The molecule has 11 nitrogen and oxygen atoms in total. The number of rotatable bonds is 5. The quantitative estimate of drug-likeness (QED) is 0.318. The van der Waals surface area contributed by atoms with Gasteiger partial charge in [0.05, 0.1) is 35.2 Å². The molecular formula is C14H16F3N5O6. The Morgan fingerprint density at radius 3 is 2.43 bits per heavy atom. The fourth-order valence-electron chi connectivity index (χ4n) is 2.31. The predicted octanol–water partition coefficient (Wildman–Crippen LogP) is 2.56. The zero-order valence-electron chi connectivity index (χ0n) is 14.6. The molecule has 0 aromatic heterocycles. The van der Waals surface area contributed by atoms with Gasteiger partial charge < -0.3 is 14.8 Å². The summed E-state index contributed by atoms with van der Waals surface area (Å²) in [6.45, 7) is 2.39. The summed E-state index contributed by atoms with van der Waals surface area (Å²) in [6.07, 6.45) is -5.29. The summed E-state index contributed by atoms with van der Waals surface area (Å²) >= 11 is 0. The van der Waals surface area contributed by atoms with Crippen molar-refractivity contribution in [3.05, 3.63) is 39.1 Å². The Labute approximate surface area is 156 Å². The molecule has 1 aromatic carbocycles. The number of carbonyl (C=O) groups excluding carboxylic acids is 1. The lowest BCUT2D eigenvalue weighted by Gasteiger charge is -2.30. The van der Waals surface area contributed by atoms with E-state index in [1.54, 1.807) is 6.92 Å². The number of nitro benzene ring substituents is 1. The number of ether oxygens (including phenoxy) is 1. The number of nitrogens with zero attached hydrogens (tertiary/aromatic N) is 5. The van der Waals surface area contributed by atoms with Gasteiger partial charge in [-0.25, -0.2) is 4.79 Å². The minimum absolute atomic E-state index is 0.0177. The third-order valence-electron chi connectivity index (χ3n) is 3.72. The largest absolute Gasteiger partial charge is 0.569 e. The molecular weight excluding hydrogens is 391 g/mol. The lowest BCUT2D eigenvalue weighted by Crippen LogP contribution is -2.50. The van der Waals surface area contributed by atoms with Crippen LogP contribution in [0, 0.1) is 15.3 Å². The van der Waals surface area contributed by atoms with Crippen LogP contribution < -0.4 is 4.84 Å². The van der Waals surface area contributed by atoms with Crippen LogP contribution in [0.15, 0.2) is 23.5 Å². The van der Waals surface area contributed by atoms with Crippen molar-refractivity contribution in [2.75, 3.05) is 32.8 Å². The standard InChI is InChI=1S/C14H16F3N5O6/c1-2-27-13(23)19-5-7-20(8-6-19)22(26)18-28-12-4-3-10(14(15,16)17)9-11(12)21(24)25/h3-4,9H,2,5-8H2,1H3/b22-18-. The third kappa shape index (κ3) is 5.11. The Hall–Kier alpha value is -3.32. The van der Waals surface area contributed by atoms with Gasteiger partial charge in [-0.3, -0.25) is 15.0 Å². The van der Waals surface area contributed by atoms with E-state index in [9.17, 15) is 33.3 Å². The van der Waals surface area contributed by atoms with Gasteiger partial charge in [0.15, 0.2) is 0 Å². The van der Waals surface area contributed by atoms with Crippen molar-refractivity contribution in [1.29, 1.82) is 0 Å². The van der Waals surface area contributed by atoms with Crippen molar-refractivity contribution in [2.24, 2.45) is 5.28 Å². The van der Waals surface area contributed by atoms with Gasteiger partial charge in [0.25, 0.3) is 0 Å². The summed E-state index contributed by atoms with van der Waals surface area (Å²) in [6, 6.07) is 1.57. The summed E-state index contributed by atoms with van der Waals surface area (Å²) in [5.74, 6) is -0.621. The number of carbonyl (C=O) groups is 1. The smallest absolute Gasteiger partial charge is 0.416 e. The number of halogens is 3. The van der Waals surface area contributed by atoms with Crippen LogP contribution in [-0.4, -0.2) is 58.7 Å². The molecule has 0 aliphatic carbocycles. The first kappa shape index (κ1) is 21.0. The van der Waals surface area contributed by atoms with E-state index in [-0.39, 0.29) is 43.8 Å². The van der Waals surface area contributed by atoms with E-state index in [2.05, 4.69) is 10.1 Å². The number of alkyl halides is 3. The number of piperazine rings is 1. The maximum atomic E-state index is 12.7. The lowest BCUT2D eigenvalue weighted by molar-refractivity contribution is -0.708. The van der Waals surface area contributed by atoms with E-state index in [1.807, 2.05) is 0 Å². The second-order valence-electron chi connectivity index (χ2n) is 5.50. The number of hydrazine groups is 1. The van der Waals surface area contributed by atoms with E-state index >= 15 is 0 Å². The Kier molecular flexibility index (Phi) is 6.43. The molecule has 1 aliphatic rings. The van der Waals surface area contributed by atoms with Gasteiger partial charge in [0.1, 0.15) is 0 Å². The number of amides is 1. The first-order valence-corrected chi connectivity index (χ1v) is 8.01. The SMILES string of the molecule is CCOC(=O)N1CCN(/[N+]([O-])=N/Oc2ccc(C(F)(F)F)cc2[N+](=O)[O-])CC1. The maximum Gasteiger partial charge on any atom is 0.416 e. The predicted molar refractivity (Wildman–Crippen MR) is 84.9 cm³/mol. The van der Waals surface area contributed by atoms with Gasteiger partial charge in [-0.05, 0) is 19.1 Å². The van der Waals surface area contributed by atoms with Crippen molar-refractivity contribution in [3.63, 3.8) is 0 Å². The summed E-state index contributed by atoms with van der Waals surface area (Å²) < 4.78 is 42.8. The highest BCUT2D eigenvalue weighted by atomic mass is 19.4. The molecule has 28 heavy (non-hydrogen) atoms. The molecule has 0 bridgehead atoms. The van der Waals surface area contributed by atoms with Gasteiger partial charge in [-0.2, -0.15) is 13.2 Å². The van der Waals surface area contributed by atoms with Crippen LogP contribution in [0.4, 0.5) is 23.7 Å². The van der Waals surface area contributed by atoms with E-state index < -0.39 is 34.2 Å². The van der Waals surface area contributed by atoms with Gasteiger partial charge in [-0.15, -0.1) is 5.01 Å². The molecule has 1 fully saturated rings. The molecule has 2 rings (SSSR count). The topological polar surface area (TPSA) is 124 Å². The van der Waals surface area contributed by atoms with Crippen molar-refractivity contribution in [2.45, 2.75) is 13.1 Å².